The van der Waals surface area contributed by atoms with E-state index in [1.807, 2.05) is 45.0 Å². The predicted molar refractivity (Wildman–Crippen MR) is 135 cm³/mol. The van der Waals surface area contributed by atoms with E-state index in [1.54, 1.807) is 6.07 Å². The lowest BCUT2D eigenvalue weighted by Gasteiger charge is -2.32. The third kappa shape index (κ3) is 5.49. The zero-order valence-electron chi connectivity index (χ0n) is 20.9. The molecule has 0 aliphatic carbocycles. The van der Waals surface area contributed by atoms with Crippen molar-refractivity contribution in [2.24, 2.45) is 0 Å². The molecule has 0 unspecified atom stereocenters. The molecule has 8 nitrogen and oxygen atoms in total. The number of likely N-dealkylation sites (tertiary alicyclic amines) is 1. The summed E-state index contributed by atoms with van der Waals surface area (Å²) >= 11 is 0. The van der Waals surface area contributed by atoms with Gasteiger partial charge in [0.15, 0.2) is 0 Å². The monoisotopic (exact) mass is 477 g/mol. The number of carbonyl (C=O) groups is 1. The molecule has 8 heteroatoms. The van der Waals surface area contributed by atoms with Gasteiger partial charge in [-0.1, -0.05) is 6.07 Å². The van der Waals surface area contributed by atoms with Crippen LogP contribution in [0, 0.1) is 0 Å². The van der Waals surface area contributed by atoms with Crippen molar-refractivity contribution in [3.05, 3.63) is 53.5 Å². The van der Waals surface area contributed by atoms with Crippen molar-refractivity contribution in [2.75, 3.05) is 25.4 Å². The third-order valence-electron chi connectivity index (χ3n) is 6.80. The minimum Gasteiger partial charge on any atom is -0.456 e. The molecule has 2 saturated heterocycles. The fourth-order valence-electron chi connectivity index (χ4n) is 4.88. The highest BCUT2D eigenvalue weighted by Gasteiger charge is 2.26. The molecule has 5 rings (SSSR count). The second-order valence-corrected chi connectivity index (χ2v) is 10.7. The summed E-state index contributed by atoms with van der Waals surface area (Å²) in [6.07, 6.45) is 3.33. The Hall–Kier alpha value is -2.97. The summed E-state index contributed by atoms with van der Waals surface area (Å²) in [5, 5.41) is 0. The number of ether oxygens (including phenoxy) is 2. The molecule has 0 spiro atoms. The summed E-state index contributed by atoms with van der Waals surface area (Å²) in [7, 11) is 0. The molecule has 2 aliphatic rings. The average Bonchev–Trinajstić information content (AvgIpc) is 3.11. The molecule has 0 bridgehead atoms. The van der Waals surface area contributed by atoms with E-state index in [9.17, 15) is 4.79 Å². The Labute approximate surface area is 206 Å². The fraction of sp³-hybridized carbons (Fsp3) is 0.519. The second kappa shape index (κ2) is 9.59. The minimum atomic E-state index is -0.537. The number of pyridine rings is 1. The number of fused-ring (bicyclic) bond motifs is 1. The number of esters is 1. The maximum absolute atomic E-state index is 12.7. The number of anilines is 1. The lowest BCUT2D eigenvalue weighted by Crippen LogP contribution is -2.35. The third-order valence-corrected chi connectivity index (χ3v) is 6.80. The van der Waals surface area contributed by atoms with Crippen LogP contribution in [-0.2, 0) is 22.6 Å². The van der Waals surface area contributed by atoms with Gasteiger partial charge in [-0.2, -0.15) is 0 Å². The molecule has 2 N–H and O–H groups in total. The highest BCUT2D eigenvalue weighted by molar-refractivity contribution is 5.94. The number of carbonyl (C=O) groups excluding carboxylic acids is 1. The van der Waals surface area contributed by atoms with Crippen LogP contribution in [0.5, 0.6) is 0 Å². The molecule has 2 aliphatic heterocycles. The van der Waals surface area contributed by atoms with Crippen LogP contribution in [0.3, 0.4) is 0 Å². The van der Waals surface area contributed by atoms with Crippen LogP contribution in [-0.4, -0.2) is 56.8 Å². The minimum absolute atomic E-state index is 0.191. The number of nitrogens with zero attached hydrogens (tertiary/aromatic N) is 4. The zero-order chi connectivity index (χ0) is 24.6. The number of piperidine rings is 1. The van der Waals surface area contributed by atoms with Gasteiger partial charge in [-0.05, 0) is 83.5 Å². The second-order valence-electron chi connectivity index (χ2n) is 10.7. The normalized spacial score (nSPS) is 19.6. The highest BCUT2D eigenvalue weighted by atomic mass is 16.6. The molecule has 1 aromatic carbocycles. The average molecular weight is 478 g/mol. The molecular weight excluding hydrogens is 442 g/mol. The highest BCUT2D eigenvalue weighted by Crippen LogP contribution is 2.29. The first kappa shape index (κ1) is 23.8. The van der Waals surface area contributed by atoms with Crippen molar-refractivity contribution in [3.63, 3.8) is 0 Å². The first-order valence-corrected chi connectivity index (χ1v) is 12.5. The maximum Gasteiger partial charge on any atom is 0.338 e. The molecular formula is C27H35N5O3. The molecule has 3 aromatic rings. The number of imidazole rings is 1. The summed E-state index contributed by atoms with van der Waals surface area (Å²) in [6, 6.07) is 11.5. The number of nitrogens with two attached hydrogens (primary N) is 1. The molecule has 4 heterocycles. The Morgan fingerprint density at radius 2 is 1.91 bits per heavy atom. The van der Waals surface area contributed by atoms with Gasteiger partial charge in [0, 0.05) is 18.2 Å². The Morgan fingerprint density at radius 1 is 1.14 bits per heavy atom. The van der Waals surface area contributed by atoms with E-state index in [2.05, 4.69) is 20.5 Å². The van der Waals surface area contributed by atoms with Crippen molar-refractivity contribution < 1.29 is 14.3 Å². The Kier molecular flexibility index (Phi) is 6.51. The van der Waals surface area contributed by atoms with Gasteiger partial charge in [0.05, 0.1) is 35.8 Å². The lowest BCUT2D eigenvalue weighted by atomic mass is 9.93. The zero-order valence-corrected chi connectivity index (χ0v) is 20.9. The number of hydrogen-bond donors (Lipinski definition) is 1. The van der Waals surface area contributed by atoms with Crippen LogP contribution < -0.4 is 5.73 Å². The summed E-state index contributed by atoms with van der Waals surface area (Å²) in [5.41, 5.74) is 8.84. The van der Waals surface area contributed by atoms with Crippen molar-refractivity contribution in [3.8, 4) is 0 Å². The van der Waals surface area contributed by atoms with E-state index in [1.165, 1.54) is 0 Å². The predicted octanol–water partition coefficient (Wildman–Crippen LogP) is 4.14. The van der Waals surface area contributed by atoms with Crippen LogP contribution in [0.15, 0.2) is 36.4 Å². The Morgan fingerprint density at radius 3 is 2.57 bits per heavy atom. The number of nitrogen functional groups attached to an aromatic ring is 1. The van der Waals surface area contributed by atoms with Gasteiger partial charge in [0.1, 0.15) is 17.2 Å². The van der Waals surface area contributed by atoms with E-state index in [0.29, 0.717) is 17.3 Å². The lowest BCUT2D eigenvalue weighted by molar-refractivity contribution is -0.0592. The topological polar surface area (TPSA) is 95.5 Å². The van der Waals surface area contributed by atoms with Gasteiger partial charge in [-0.3, -0.25) is 4.90 Å². The van der Waals surface area contributed by atoms with Gasteiger partial charge >= 0.3 is 5.97 Å². The van der Waals surface area contributed by atoms with E-state index in [4.69, 9.17) is 20.2 Å². The van der Waals surface area contributed by atoms with Gasteiger partial charge in [-0.25, -0.2) is 14.8 Å². The quantitative estimate of drug-likeness (QED) is 0.533. The van der Waals surface area contributed by atoms with Crippen LogP contribution in [0.25, 0.3) is 11.0 Å². The summed E-state index contributed by atoms with van der Waals surface area (Å²) in [6.45, 7) is 9.92. The smallest absolute Gasteiger partial charge is 0.338 e. The van der Waals surface area contributed by atoms with Crippen LogP contribution >= 0.6 is 0 Å². The summed E-state index contributed by atoms with van der Waals surface area (Å²) in [4.78, 5) is 24.7. The van der Waals surface area contributed by atoms with E-state index in [0.717, 1.165) is 74.6 Å². The summed E-state index contributed by atoms with van der Waals surface area (Å²) < 4.78 is 13.6. The molecule has 0 amide bonds. The van der Waals surface area contributed by atoms with Crippen molar-refractivity contribution >= 4 is 22.8 Å². The SMILES string of the molecule is CC(C)(C)OC(=O)c1ccc2nc(CN3CCC(c4cccc(N)n4)CC3)n(C[C@@H]3CCO3)c2c1. The van der Waals surface area contributed by atoms with Gasteiger partial charge in [0.2, 0.25) is 0 Å². The molecule has 2 aromatic heterocycles. The first-order valence-electron chi connectivity index (χ1n) is 12.5. The van der Waals surface area contributed by atoms with Crippen molar-refractivity contribution in [1.82, 2.24) is 19.4 Å². The van der Waals surface area contributed by atoms with Crippen LogP contribution in [0.4, 0.5) is 5.82 Å². The van der Waals surface area contributed by atoms with E-state index < -0.39 is 5.60 Å². The number of benzene rings is 1. The van der Waals surface area contributed by atoms with Gasteiger partial charge in [0.25, 0.3) is 0 Å². The summed E-state index contributed by atoms with van der Waals surface area (Å²) in [5.74, 6) is 1.72. The largest absolute Gasteiger partial charge is 0.456 e. The van der Waals surface area contributed by atoms with Crippen LogP contribution in [0.1, 0.15) is 67.8 Å². The van der Waals surface area contributed by atoms with E-state index >= 15 is 0 Å². The number of aromatic nitrogens is 3. The van der Waals surface area contributed by atoms with Gasteiger partial charge in [-0.15, -0.1) is 0 Å². The van der Waals surface area contributed by atoms with Crippen LogP contribution in [0.2, 0.25) is 0 Å². The molecule has 0 saturated carbocycles. The molecule has 1 atom stereocenters. The Bertz CT molecular complexity index is 1200. The molecule has 2 fully saturated rings. The number of hydrogen-bond acceptors (Lipinski definition) is 7. The molecule has 35 heavy (non-hydrogen) atoms. The maximum atomic E-state index is 12.7. The first-order chi connectivity index (χ1) is 16.7. The van der Waals surface area contributed by atoms with E-state index in [-0.39, 0.29) is 12.1 Å². The number of rotatable bonds is 6. The van der Waals surface area contributed by atoms with Gasteiger partial charge < -0.3 is 19.8 Å². The fourth-order valence-corrected chi connectivity index (χ4v) is 4.88. The molecule has 0 radical (unpaired) electrons. The Balaban J connectivity index is 1.35. The molecule has 186 valence electrons. The van der Waals surface area contributed by atoms with Crippen molar-refractivity contribution in [1.29, 1.82) is 0 Å². The standard InChI is InChI=1S/C27H35N5O3/c1-27(2,3)35-26(33)19-7-8-22-23(15-19)32(16-20-11-14-34-20)25(30-22)17-31-12-9-18(10-13-31)21-5-4-6-24(28)29-21/h4-8,15,18,20H,9-14,16-17H2,1-3H3,(H2,28,29)/t20-/m0/s1. The van der Waals surface area contributed by atoms with Crippen molar-refractivity contribution in [2.45, 2.75) is 70.7 Å².